The van der Waals surface area contributed by atoms with Crippen LogP contribution in [0.25, 0.3) is 0 Å². The molecule has 1 aromatic rings. The molecule has 2 rings (SSSR count). The molecule has 0 spiro atoms. The summed E-state index contributed by atoms with van der Waals surface area (Å²) < 4.78 is 5.08. The molecule has 27 heavy (non-hydrogen) atoms. The van der Waals surface area contributed by atoms with E-state index in [2.05, 4.69) is 5.32 Å². The molecule has 0 radical (unpaired) electrons. The van der Waals surface area contributed by atoms with Crippen LogP contribution in [0.15, 0.2) is 24.3 Å². The summed E-state index contributed by atoms with van der Waals surface area (Å²) in [5.74, 6) is -1.27. The van der Waals surface area contributed by atoms with E-state index in [0.29, 0.717) is 30.8 Å². The van der Waals surface area contributed by atoms with Crippen LogP contribution >= 0.6 is 0 Å². The van der Waals surface area contributed by atoms with E-state index in [-0.39, 0.29) is 11.8 Å². The number of carbonyl (C=O) groups excluding carboxylic acids is 2. The summed E-state index contributed by atoms with van der Waals surface area (Å²) >= 11 is 0. The second-order valence-corrected chi connectivity index (χ2v) is 7.89. The zero-order valence-electron chi connectivity index (χ0n) is 16.3. The first-order valence-corrected chi connectivity index (χ1v) is 9.10. The molecule has 1 heterocycles. The van der Waals surface area contributed by atoms with Gasteiger partial charge in [0.05, 0.1) is 13.0 Å². The second kappa shape index (κ2) is 8.41. The van der Waals surface area contributed by atoms with E-state index in [0.717, 1.165) is 6.42 Å². The Morgan fingerprint density at radius 2 is 1.85 bits per heavy atom. The first kappa shape index (κ1) is 20.7. The number of aliphatic carboxylic acids is 1. The van der Waals surface area contributed by atoms with E-state index >= 15 is 0 Å². The van der Waals surface area contributed by atoms with Crippen molar-refractivity contribution in [3.8, 4) is 5.75 Å². The van der Waals surface area contributed by atoms with Crippen molar-refractivity contribution >= 4 is 17.8 Å². The molecule has 148 valence electrons. The normalized spacial score (nSPS) is 18.5. The molecule has 0 bridgehead atoms. The Morgan fingerprint density at radius 3 is 2.37 bits per heavy atom. The lowest BCUT2D eigenvalue weighted by atomic mass is 9.90. The van der Waals surface area contributed by atoms with Gasteiger partial charge in [0.15, 0.2) is 6.04 Å². The summed E-state index contributed by atoms with van der Waals surface area (Å²) in [4.78, 5) is 38.5. The molecule has 2 unspecified atom stereocenters. The average molecular weight is 376 g/mol. The monoisotopic (exact) mass is 376 g/mol. The number of nitrogens with one attached hydrogen (secondary N) is 1. The first-order chi connectivity index (χ1) is 12.6. The first-order valence-electron chi connectivity index (χ1n) is 9.10. The highest BCUT2D eigenvalue weighted by Gasteiger charge is 2.34. The third-order valence-electron chi connectivity index (χ3n) is 4.70. The summed E-state index contributed by atoms with van der Waals surface area (Å²) in [6.45, 7) is 6.49. The summed E-state index contributed by atoms with van der Waals surface area (Å²) in [5.41, 5.74) is -0.0412. The molecule has 1 saturated heterocycles. The van der Waals surface area contributed by atoms with Gasteiger partial charge in [0.2, 0.25) is 11.8 Å². The van der Waals surface area contributed by atoms with E-state index in [1.165, 1.54) is 7.11 Å². The number of hydrogen-bond donors (Lipinski definition) is 2. The standard InChI is InChI=1S/C20H28N2O5/c1-20(2,3)19(26)22-11-5-6-14(12-22)17(23)21-16(18(24)25)13-7-9-15(27-4)10-8-13/h7-10,14,16H,5-6,11-12H2,1-4H3,(H,21,23)(H,24,25). The summed E-state index contributed by atoms with van der Waals surface area (Å²) in [6.07, 6.45) is 1.36. The SMILES string of the molecule is COc1ccc(C(NC(=O)C2CCCN(C(=O)C(C)(C)C)C2)C(=O)O)cc1. The van der Waals surface area contributed by atoms with Gasteiger partial charge in [0.1, 0.15) is 5.75 Å². The number of benzene rings is 1. The Hall–Kier alpha value is -2.57. The van der Waals surface area contributed by atoms with Crippen LogP contribution in [0, 0.1) is 11.3 Å². The zero-order chi connectivity index (χ0) is 20.2. The van der Waals surface area contributed by atoms with Crippen LogP contribution in [-0.4, -0.2) is 48.0 Å². The van der Waals surface area contributed by atoms with Gasteiger partial charge >= 0.3 is 5.97 Å². The van der Waals surface area contributed by atoms with Crippen molar-refractivity contribution in [1.29, 1.82) is 0 Å². The van der Waals surface area contributed by atoms with Crippen LogP contribution in [0.1, 0.15) is 45.2 Å². The second-order valence-electron chi connectivity index (χ2n) is 7.89. The van der Waals surface area contributed by atoms with E-state index < -0.39 is 23.3 Å². The molecular weight excluding hydrogens is 348 g/mol. The highest BCUT2D eigenvalue weighted by molar-refractivity contribution is 5.87. The molecule has 7 heteroatoms. The number of carbonyl (C=O) groups is 3. The molecule has 7 nitrogen and oxygen atoms in total. The van der Waals surface area contributed by atoms with Crippen LogP contribution in [0.5, 0.6) is 5.75 Å². The summed E-state index contributed by atoms with van der Waals surface area (Å²) in [7, 11) is 1.53. The van der Waals surface area contributed by atoms with Crippen LogP contribution in [0.2, 0.25) is 0 Å². The quantitative estimate of drug-likeness (QED) is 0.821. The molecule has 1 aliphatic heterocycles. The smallest absolute Gasteiger partial charge is 0.330 e. The van der Waals surface area contributed by atoms with Gasteiger partial charge in [-0.2, -0.15) is 0 Å². The average Bonchev–Trinajstić information content (AvgIpc) is 2.64. The zero-order valence-corrected chi connectivity index (χ0v) is 16.3. The number of nitrogens with zero attached hydrogens (tertiary/aromatic N) is 1. The molecular formula is C20H28N2O5. The predicted octanol–water partition coefficient (Wildman–Crippen LogP) is 2.22. The van der Waals surface area contributed by atoms with Crippen molar-refractivity contribution in [3.63, 3.8) is 0 Å². The van der Waals surface area contributed by atoms with Crippen LogP contribution in [0.4, 0.5) is 0 Å². The fourth-order valence-corrected chi connectivity index (χ4v) is 3.19. The van der Waals surface area contributed by atoms with Crippen molar-refractivity contribution in [1.82, 2.24) is 10.2 Å². The van der Waals surface area contributed by atoms with E-state index in [9.17, 15) is 19.5 Å². The molecule has 0 aromatic heterocycles. The number of methoxy groups -OCH3 is 1. The van der Waals surface area contributed by atoms with Gasteiger partial charge in [0.25, 0.3) is 0 Å². The lowest BCUT2D eigenvalue weighted by Crippen LogP contribution is -2.49. The Balaban J connectivity index is 2.08. The van der Waals surface area contributed by atoms with E-state index in [1.54, 1.807) is 29.2 Å². The highest BCUT2D eigenvalue weighted by Crippen LogP contribution is 2.25. The number of piperidine rings is 1. The molecule has 0 aliphatic carbocycles. The maximum atomic E-state index is 12.7. The Kier molecular flexibility index (Phi) is 6.46. The number of rotatable bonds is 5. The Labute approximate surface area is 159 Å². The van der Waals surface area contributed by atoms with Crippen molar-refractivity contribution in [3.05, 3.63) is 29.8 Å². The van der Waals surface area contributed by atoms with Gasteiger partial charge in [0, 0.05) is 18.5 Å². The van der Waals surface area contributed by atoms with E-state index in [4.69, 9.17) is 4.74 Å². The highest BCUT2D eigenvalue weighted by atomic mass is 16.5. The van der Waals surface area contributed by atoms with Crippen molar-refractivity contribution in [2.45, 2.75) is 39.7 Å². The van der Waals surface area contributed by atoms with E-state index in [1.807, 2.05) is 20.8 Å². The van der Waals surface area contributed by atoms with Gasteiger partial charge in [-0.05, 0) is 30.5 Å². The Morgan fingerprint density at radius 1 is 1.22 bits per heavy atom. The number of amides is 2. The third-order valence-corrected chi connectivity index (χ3v) is 4.70. The topological polar surface area (TPSA) is 95.9 Å². The van der Waals surface area contributed by atoms with Gasteiger partial charge < -0.3 is 20.1 Å². The number of hydrogen-bond acceptors (Lipinski definition) is 4. The molecule has 2 N–H and O–H groups in total. The van der Waals surface area contributed by atoms with Crippen molar-refractivity contribution in [2.24, 2.45) is 11.3 Å². The largest absolute Gasteiger partial charge is 0.497 e. The number of ether oxygens (including phenoxy) is 1. The van der Waals surface area contributed by atoms with Crippen molar-refractivity contribution in [2.75, 3.05) is 20.2 Å². The third kappa shape index (κ3) is 5.21. The predicted molar refractivity (Wildman–Crippen MR) is 100 cm³/mol. The molecule has 0 saturated carbocycles. The summed E-state index contributed by atoms with van der Waals surface area (Å²) in [6, 6.07) is 5.41. The minimum atomic E-state index is -1.14. The van der Waals surface area contributed by atoms with Crippen LogP contribution < -0.4 is 10.1 Å². The fourth-order valence-electron chi connectivity index (χ4n) is 3.19. The van der Waals surface area contributed by atoms with Crippen LogP contribution in [-0.2, 0) is 14.4 Å². The molecule has 2 amide bonds. The lowest BCUT2D eigenvalue weighted by molar-refractivity contribution is -0.145. The maximum absolute atomic E-state index is 12.7. The maximum Gasteiger partial charge on any atom is 0.330 e. The van der Waals surface area contributed by atoms with Gasteiger partial charge in [-0.3, -0.25) is 9.59 Å². The minimum Gasteiger partial charge on any atom is -0.497 e. The van der Waals surface area contributed by atoms with Gasteiger partial charge in [-0.15, -0.1) is 0 Å². The molecule has 2 atom stereocenters. The van der Waals surface area contributed by atoms with Gasteiger partial charge in [-0.1, -0.05) is 32.9 Å². The Bertz CT molecular complexity index is 693. The number of carboxylic acid groups (broad SMARTS) is 1. The van der Waals surface area contributed by atoms with Crippen molar-refractivity contribution < 1.29 is 24.2 Å². The lowest BCUT2D eigenvalue weighted by Gasteiger charge is -2.36. The number of carboxylic acids is 1. The molecule has 1 fully saturated rings. The number of likely N-dealkylation sites (tertiary alicyclic amines) is 1. The summed E-state index contributed by atoms with van der Waals surface area (Å²) in [5, 5.41) is 12.2. The molecule has 1 aromatic carbocycles. The van der Waals surface area contributed by atoms with Gasteiger partial charge in [-0.25, -0.2) is 4.79 Å². The molecule has 1 aliphatic rings. The minimum absolute atomic E-state index is 0.00457. The fraction of sp³-hybridized carbons (Fsp3) is 0.550. The van der Waals surface area contributed by atoms with Crippen LogP contribution in [0.3, 0.4) is 0 Å².